The SMILES string of the molecule is COCn1nnnc1CC(=O)NC(C)C(=O)O. The summed E-state index contributed by atoms with van der Waals surface area (Å²) in [7, 11) is 1.47. The second kappa shape index (κ2) is 5.89. The van der Waals surface area contributed by atoms with Crippen LogP contribution in [-0.4, -0.2) is 50.3 Å². The van der Waals surface area contributed by atoms with Gasteiger partial charge < -0.3 is 15.2 Å². The van der Waals surface area contributed by atoms with E-state index in [4.69, 9.17) is 9.84 Å². The van der Waals surface area contributed by atoms with Crippen LogP contribution in [0.15, 0.2) is 0 Å². The number of nitrogens with zero attached hydrogens (tertiary/aromatic N) is 4. The van der Waals surface area contributed by atoms with Crippen LogP contribution in [0, 0.1) is 0 Å². The van der Waals surface area contributed by atoms with Crippen molar-refractivity contribution in [1.29, 1.82) is 0 Å². The van der Waals surface area contributed by atoms with E-state index in [2.05, 4.69) is 20.8 Å². The zero-order valence-electron chi connectivity index (χ0n) is 9.45. The van der Waals surface area contributed by atoms with Gasteiger partial charge in [-0.3, -0.25) is 9.59 Å². The normalized spacial score (nSPS) is 12.1. The fourth-order valence-corrected chi connectivity index (χ4v) is 1.07. The molecule has 1 aromatic heterocycles. The van der Waals surface area contributed by atoms with Crippen LogP contribution in [0.5, 0.6) is 0 Å². The van der Waals surface area contributed by atoms with Gasteiger partial charge in [-0.15, -0.1) is 5.10 Å². The minimum Gasteiger partial charge on any atom is -0.480 e. The fraction of sp³-hybridized carbons (Fsp3) is 0.625. The first-order valence-corrected chi connectivity index (χ1v) is 4.80. The third-order valence-corrected chi connectivity index (χ3v) is 1.92. The van der Waals surface area contributed by atoms with Crippen LogP contribution in [0.3, 0.4) is 0 Å². The third-order valence-electron chi connectivity index (χ3n) is 1.92. The second-order valence-electron chi connectivity index (χ2n) is 3.32. The van der Waals surface area contributed by atoms with E-state index in [1.54, 1.807) is 0 Å². The van der Waals surface area contributed by atoms with Crippen molar-refractivity contribution in [3.63, 3.8) is 0 Å². The van der Waals surface area contributed by atoms with Crippen molar-refractivity contribution in [2.24, 2.45) is 0 Å². The number of carbonyl (C=O) groups excluding carboxylic acids is 1. The van der Waals surface area contributed by atoms with Gasteiger partial charge in [0.25, 0.3) is 0 Å². The van der Waals surface area contributed by atoms with Crippen LogP contribution in [0.4, 0.5) is 0 Å². The highest BCUT2D eigenvalue weighted by molar-refractivity contribution is 5.84. The number of aromatic nitrogens is 4. The van der Waals surface area contributed by atoms with Crippen molar-refractivity contribution < 1.29 is 19.4 Å². The maximum Gasteiger partial charge on any atom is 0.325 e. The van der Waals surface area contributed by atoms with Gasteiger partial charge in [0.05, 0.1) is 6.42 Å². The van der Waals surface area contributed by atoms with E-state index in [1.807, 2.05) is 0 Å². The van der Waals surface area contributed by atoms with E-state index in [-0.39, 0.29) is 13.2 Å². The Morgan fingerprint density at radius 1 is 1.59 bits per heavy atom. The number of rotatable bonds is 6. The van der Waals surface area contributed by atoms with Crippen molar-refractivity contribution in [2.75, 3.05) is 7.11 Å². The summed E-state index contributed by atoms with van der Waals surface area (Å²) in [5, 5.41) is 21.6. The molecule has 1 atom stereocenters. The molecule has 0 aromatic carbocycles. The predicted molar refractivity (Wildman–Crippen MR) is 53.8 cm³/mol. The topological polar surface area (TPSA) is 119 Å². The van der Waals surface area contributed by atoms with Gasteiger partial charge in [0, 0.05) is 7.11 Å². The molecular formula is C8H13N5O4. The van der Waals surface area contributed by atoms with Gasteiger partial charge >= 0.3 is 5.97 Å². The van der Waals surface area contributed by atoms with E-state index in [0.717, 1.165) is 0 Å². The number of methoxy groups -OCH3 is 1. The number of hydrogen-bond donors (Lipinski definition) is 2. The Balaban J connectivity index is 2.55. The van der Waals surface area contributed by atoms with Gasteiger partial charge in [-0.2, -0.15) is 0 Å². The van der Waals surface area contributed by atoms with Crippen LogP contribution in [0.2, 0.25) is 0 Å². The van der Waals surface area contributed by atoms with Crippen molar-refractivity contribution in [3.8, 4) is 0 Å². The molecule has 0 saturated heterocycles. The van der Waals surface area contributed by atoms with Crippen LogP contribution >= 0.6 is 0 Å². The van der Waals surface area contributed by atoms with Gasteiger partial charge in [-0.25, -0.2) is 4.68 Å². The number of aliphatic carboxylic acids is 1. The molecule has 2 N–H and O–H groups in total. The van der Waals surface area contributed by atoms with E-state index in [1.165, 1.54) is 18.7 Å². The van der Waals surface area contributed by atoms with E-state index in [9.17, 15) is 9.59 Å². The van der Waals surface area contributed by atoms with Crippen LogP contribution in [0.1, 0.15) is 12.7 Å². The van der Waals surface area contributed by atoms with Crippen molar-refractivity contribution >= 4 is 11.9 Å². The molecule has 9 nitrogen and oxygen atoms in total. The Bertz CT molecular complexity index is 404. The molecule has 0 bridgehead atoms. The van der Waals surface area contributed by atoms with Crippen LogP contribution in [-0.2, 0) is 27.5 Å². The first kappa shape index (κ1) is 13.0. The largest absolute Gasteiger partial charge is 0.480 e. The molecular weight excluding hydrogens is 230 g/mol. The Morgan fingerprint density at radius 2 is 2.29 bits per heavy atom. The van der Waals surface area contributed by atoms with E-state index < -0.39 is 17.9 Å². The molecule has 0 saturated carbocycles. The lowest BCUT2D eigenvalue weighted by molar-refractivity contribution is -0.141. The molecule has 0 fully saturated rings. The maximum atomic E-state index is 11.5. The van der Waals surface area contributed by atoms with Crippen LogP contribution in [0.25, 0.3) is 0 Å². The highest BCUT2D eigenvalue weighted by Gasteiger charge is 2.16. The van der Waals surface area contributed by atoms with Crippen molar-refractivity contribution in [1.82, 2.24) is 25.5 Å². The smallest absolute Gasteiger partial charge is 0.325 e. The Morgan fingerprint density at radius 3 is 2.88 bits per heavy atom. The van der Waals surface area contributed by atoms with Gasteiger partial charge in [0.2, 0.25) is 5.91 Å². The molecule has 1 amide bonds. The Hall–Kier alpha value is -2.03. The predicted octanol–water partition coefficient (Wildman–Crippen LogP) is -1.59. The summed E-state index contributed by atoms with van der Waals surface area (Å²) in [6, 6.07) is -0.950. The summed E-state index contributed by atoms with van der Waals surface area (Å²) < 4.78 is 6.13. The van der Waals surface area contributed by atoms with Gasteiger partial charge in [-0.05, 0) is 17.4 Å². The van der Waals surface area contributed by atoms with E-state index >= 15 is 0 Å². The second-order valence-corrected chi connectivity index (χ2v) is 3.32. The molecule has 1 unspecified atom stereocenters. The molecule has 1 rings (SSSR count). The molecule has 0 aliphatic heterocycles. The molecule has 9 heteroatoms. The minimum absolute atomic E-state index is 0.103. The summed E-state index contributed by atoms with van der Waals surface area (Å²) in [6.45, 7) is 1.50. The number of carbonyl (C=O) groups is 2. The summed E-state index contributed by atoms with van der Waals surface area (Å²) in [4.78, 5) is 22.0. The number of tetrazole rings is 1. The molecule has 0 spiro atoms. The first-order valence-electron chi connectivity index (χ1n) is 4.80. The van der Waals surface area contributed by atoms with Gasteiger partial charge in [0.1, 0.15) is 12.8 Å². The average molecular weight is 243 g/mol. The van der Waals surface area contributed by atoms with Gasteiger partial charge in [0.15, 0.2) is 5.82 Å². The van der Waals surface area contributed by atoms with Crippen LogP contribution < -0.4 is 5.32 Å². The van der Waals surface area contributed by atoms with Crippen molar-refractivity contribution in [3.05, 3.63) is 5.82 Å². The molecule has 0 aliphatic rings. The molecule has 1 aromatic rings. The molecule has 0 radical (unpaired) electrons. The lowest BCUT2D eigenvalue weighted by Gasteiger charge is -2.08. The average Bonchev–Trinajstić information content (AvgIpc) is 2.66. The number of ether oxygens (including phenoxy) is 1. The Labute approximate surface area is 96.8 Å². The minimum atomic E-state index is -1.10. The zero-order chi connectivity index (χ0) is 12.8. The standard InChI is InChI=1S/C8H13N5O4/c1-5(8(15)16)9-7(14)3-6-10-11-12-13(6)4-17-2/h5H,3-4H2,1-2H3,(H,9,14)(H,15,16). The molecule has 0 aliphatic carbocycles. The number of hydrogen-bond acceptors (Lipinski definition) is 6. The van der Waals surface area contributed by atoms with Crippen molar-refractivity contribution in [2.45, 2.75) is 26.1 Å². The molecule has 94 valence electrons. The van der Waals surface area contributed by atoms with Gasteiger partial charge in [-0.1, -0.05) is 0 Å². The summed E-state index contributed by atoms with van der Waals surface area (Å²) in [6.07, 6.45) is -0.103. The molecule has 1 heterocycles. The number of amides is 1. The first-order chi connectivity index (χ1) is 8.04. The number of carboxylic acid groups (broad SMARTS) is 1. The highest BCUT2D eigenvalue weighted by Crippen LogP contribution is 1.95. The summed E-state index contributed by atoms with van der Waals surface area (Å²) in [5.74, 6) is -1.26. The lowest BCUT2D eigenvalue weighted by atomic mass is 10.3. The lowest BCUT2D eigenvalue weighted by Crippen LogP contribution is -2.39. The fourth-order valence-electron chi connectivity index (χ4n) is 1.07. The van der Waals surface area contributed by atoms with E-state index in [0.29, 0.717) is 5.82 Å². The monoisotopic (exact) mass is 243 g/mol. The number of nitrogens with one attached hydrogen (secondary N) is 1. The highest BCUT2D eigenvalue weighted by atomic mass is 16.5. The summed E-state index contributed by atoms with van der Waals surface area (Å²) in [5.41, 5.74) is 0. The maximum absolute atomic E-state index is 11.5. The third kappa shape index (κ3) is 3.79. The quantitative estimate of drug-likeness (QED) is 0.618. The Kier molecular flexibility index (Phi) is 4.52. The summed E-state index contributed by atoms with van der Waals surface area (Å²) >= 11 is 0. The molecule has 17 heavy (non-hydrogen) atoms. The number of carboxylic acids is 1. The zero-order valence-corrected chi connectivity index (χ0v) is 9.45.